The van der Waals surface area contributed by atoms with E-state index in [4.69, 9.17) is 9.47 Å². The Morgan fingerprint density at radius 1 is 0.513 bits per heavy atom. The van der Waals surface area contributed by atoms with Gasteiger partial charge >= 0.3 is 0 Å². The molecular weight excluding hydrogens is 514 g/mol. The Hall–Kier alpha value is -2.34. The van der Waals surface area contributed by atoms with E-state index in [1.54, 1.807) is 0 Å². The Morgan fingerprint density at radius 2 is 0.846 bits per heavy atom. The smallest absolute Gasteiger partial charge is 0.163 e. The zero-order valence-electron chi connectivity index (χ0n) is 24.0. The third-order valence-electron chi connectivity index (χ3n) is 7.18. The Kier molecular flexibility index (Phi) is 8.70. The van der Waals surface area contributed by atoms with E-state index >= 15 is 0 Å². The maximum atomic E-state index is 6.72. The van der Waals surface area contributed by atoms with Crippen LogP contribution in [0.1, 0.15) is 36.1 Å². The second-order valence-electron chi connectivity index (χ2n) is 11.3. The van der Waals surface area contributed by atoms with Crippen LogP contribution in [-0.2, 0) is 9.47 Å². The summed E-state index contributed by atoms with van der Waals surface area (Å²) < 4.78 is 13.4. The third-order valence-corrected chi connectivity index (χ3v) is 12.2. The van der Waals surface area contributed by atoms with Gasteiger partial charge in [-0.2, -0.15) is 0 Å². The van der Waals surface area contributed by atoms with Gasteiger partial charge in [-0.3, -0.25) is 0 Å². The number of aryl methyl sites for hydroxylation is 4. The van der Waals surface area contributed by atoms with Gasteiger partial charge in [-0.05, 0) is 78.6 Å². The highest BCUT2D eigenvalue weighted by Crippen LogP contribution is 2.44. The molecule has 1 saturated heterocycles. The second-order valence-corrected chi connectivity index (χ2v) is 15.8. The molecule has 2 unspecified atom stereocenters. The quantitative estimate of drug-likeness (QED) is 0.218. The van der Waals surface area contributed by atoms with Crippen LogP contribution in [0.25, 0.3) is 0 Å². The first kappa shape index (κ1) is 28.2. The SMILES string of the molecule is Cc1cc(C)cc(P(C[C@H]2OC(C)(C)O[C@@H]2CP(c2ccccc2)c2cc(C)cc(C)c2)c2ccccc2)c1. The van der Waals surface area contributed by atoms with E-state index in [-0.39, 0.29) is 12.2 Å². The zero-order valence-corrected chi connectivity index (χ0v) is 25.8. The molecule has 4 atom stereocenters. The van der Waals surface area contributed by atoms with Crippen molar-refractivity contribution in [3.8, 4) is 0 Å². The van der Waals surface area contributed by atoms with Crippen molar-refractivity contribution in [1.82, 2.24) is 0 Å². The highest BCUT2D eigenvalue weighted by molar-refractivity contribution is 7.73. The zero-order chi connectivity index (χ0) is 27.6. The van der Waals surface area contributed by atoms with Crippen molar-refractivity contribution < 1.29 is 9.47 Å². The highest BCUT2D eigenvalue weighted by Gasteiger charge is 2.43. The largest absolute Gasteiger partial charge is 0.344 e. The normalized spacial score (nSPS) is 20.1. The Morgan fingerprint density at radius 3 is 1.18 bits per heavy atom. The van der Waals surface area contributed by atoms with Crippen LogP contribution in [0.15, 0.2) is 97.1 Å². The number of rotatable bonds is 8. The van der Waals surface area contributed by atoms with Crippen molar-refractivity contribution in [2.75, 3.05) is 12.3 Å². The van der Waals surface area contributed by atoms with Crippen LogP contribution in [0.2, 0.25) is 0 Å². The molecule has 0 saturated carbocycles. The Labute approximate surface area is 237 Å². The van der Waals surface area contributed by atoms with Crippen LogP contribution in [0.5, 0.6) is 0 Å². The van der Waals surface area contributed by atoms with Gasteiger partial charge in [0.15, 0.2) is 5.79 Å². The molecule has 0 aliphatic carbocycles. The Balaban J connectivity index is 1.51. The van der Waals surface area contributed by atoms with Gasteiger partial charge < -0.3 is 9.47 Å². The van der Waals surface area contributed by atoms with Gasteiger partial charge in [-0.1, -0.05) is 119 Å². The molecule has 0 spiro atoms. The number of hydrogen-bond acceptors (Lipinski definition) is 2. The summed E-state index contributed by atoms with van der Waals surface area (Å²) in [6.45, 7) is 13.0. The Bertz CT molecular complexity index is 1250. The fourth-order valence-electron chi connectivity index (χ4n) is 5.73. The molecule has 0 radical (unpaired) electrons. The summed E-state index contributed by atoms with van der Waals surface area (Å²) in [6.07, 6.45) is 1.93. The van der Waals surface area contributed by atoms with Crippen molar-refractivity contribution in [2.24, 2.45) is 0 Å². The van der Waals surface area contributed by atoms with E-state index in [9.17, 15) is 0 Å². The van der Waals surface area contributed by atoms with Crippen LogP contribution in [0, 0.1) is 27.7 Å². The third kappa shape index (κ3) is 7.06. The first-order valence-corrected chi connectivity index (χ1v) is 16.9. The minimum Gasteiger partial charge on any atom is -0.344 e. The summed E-state index contributed by atoms with van der Waals surface area (Å²) in [5, 5.41) is 5.62. The van der Waals surface area contributed by atoms with Crippen molar-refractivity contribution in [2.45, 2.75) is 59.5 Å². The summed E-state index contributed by atoms with van der Waals surface area (Å²) in [5.41, 5.74) is 5.26. The summed E-state index contributed by atoms with van der Waals surface area (Å²) in [7, 11) is -1.21. The molecule has 1 fully saturated rings. The second kappa shape index (κ2) is 12.0. The van der Waals surface area contributed by atoms with Crippen molar-refractivity contribution in [1.29, 1.82) is 0 Å². The fourth-order valence-corrected chi connectivity index (χ4v) is 11.0. The van der Waals surface area contributed by atoms with E-state index in [0.717, 1.165) is 12.3 Å². The van der Waals surface area contributed by atoms with Crippen molar-refractivity contribution in [3.63, 3.8) is 0 Å². The highest BCUT2D eigenvalue weighted by atomic mass is 31.1. The van der Waals surface area contributed by atoms with Crippen LogP contribution in [0.3, 0.4) is 0 Å². The molecule has 1 heterocycles. The van der Waals surface area contributed by atoms with Gasteiger partial charge in [0.1, 0.15) is 0 Å². The van der Waals surface area contributed by atoms with E-state index < -0.39 is 21.6 Å². The lowest BCUT2D eigenvalue weighted by atomic mass is 10.2. The molecule has 0 bridgehead atoms. The summed E-state index contributed by atoms with van der Waals surface area (Å²) in [6, 6.07) is 36.0. The standard InChI is InChI=1S/C35H40O2P2/c1-25-17-26(2)20-31(19-25)38(29-13-9-7-10-14-29)23-33-34(37-35(5,6)36-33)24-39(30-15-11-8-12-16-30)32-21-27(3)18-28(4)22-32/h7-22,33-34H,23-24H2,1-6H3/t33-,34-,38?,39?/m1/s1. The first-order valence-electron chi connectivity index (χ1n) is 13.8. The topological polar surface area (TPSA) is 18.5 Å². The molecule has 4 aromatic rings. The van der Waals surface area contributed by atoms with Gasteiger partial charge in [0, 0.05) is 12.3 Å². The molecule has 5 rings (SSSR count). The molecule has 39 heavy (non-hydrogen) atoms. The molecule has 202 valence electrons. The van der Waals surface area contributed by atoms with Gasteiger partial charge in [-0.15, -0.1) is 0 Å². The van der Waals surface area contributed by atoms with Crippen LogP contribution in [0.4, 0.5) is 0 Å². The van der Waals surface area contributed by atoms with Crippen molar-refractivity contribution in [3.05, 3.63) is 119 Å². The van der Waals surface area contributed by atoms with E-state index in [2.05, 4.69) is 139 Å². The summed E-state index contributed by atoms with van der Waals surface area (Å²) >= 11 is 0. The minimum atomic E-state index is -0.604. The van der Waals surface area contributed by atoms with Gasteiger partial charge in [0.25, 0.3) is 0 Å². The first-order chi connectivity index (χ1) is 18.7. The lowest BCUT2D eigenvalue weighted by Crippen LogP contribution is -2.33. The van der Waals surface area contributed by atoms with Crippen LogP contribution < -0.4 is 21.2 Å². The molecule has 4 heteroatoms. The molecule has 1 aliphatic rings. The summed E-state index contributed by atoms with van der Waals surface area (Å²) in [5.74, 6) is -0.601. The predicted molar refractivity (Wildman–Crippen MR) is 171 cm³/mol. The summed E-state index contributed by atoms with van der Waals surface area (Å²) in [4.78, 5) is 0. The van der Waals surface area contributed by atoms with Crippen LogP contribution in [-0.4, -0.2) is 30.3 Å². The van der Waals surface area contributed by atoms with E-state index in [0.29, 0.717) is 0 Å². The lowest BCUT2D eigenvalue weighted by Gasteiger charge is -2.28. The molecule has 0 N–H and O–H groups in total. The molecule has 0 amide bonds. The van der Waals surface area contributed by atoms with Gasteiger partial charge in [0.05, 0.1) is 12.2 Å². The van der Waals surface area contributed by atoms with Gasteiger partial charge in [0.2, 0.25) is 0 Å². The van der Waals surface area contributed by atoms with Crippen LogP contribution >= 0.6 is 15.8 Å². The maximum Gasteiger partial charge on any atom is 0.163 e. The fraction of sp³-hybridized carbons (Fsp3) is 0.314. The number of hydrogen-bond donors (Lipinski definition) is 0. The molecular formula is C35H40O2P2. The number of benzene rings is 4. The number of ether oxygens (including phenoxy) is 2. The predicted octanol–water partition coefficient (Wildman–Crippen LogP) is 7.01. The van der Waals surface area contributed by atoms with Crippen molar-refractivity contribution >= 4 is 37.1 Å². The molecule has 4 aromatic carbocycles. The average Bonchev–Trinajstić information content (AvgIpc) is 3.18. The molecule has 0 aromatic heterocycles. The minimum absolute atomic E-state index is 0.0201. The van der Waals surface area contributed by atoms with Gasteiger partial charge in [-0.25, -0.2) is 0 Å². The van der Waals surface area contributed by atoms with E-state index in [1.165, 1.54) is 43.5 Å². The molecule has 2 nitrogen and oxygen atoms in total. The average molecular weight is 555 g/mol. The molecule has 1 aliphatic heterocycles. The van der Waals surface area contributed by atoms with E-state index in [1.807, 2.05) is 0 Å². The monoisotopic (exact) mass is 554 g/mol. The maximum absolute atomic E-state index is 6.72. The lowest BCUT2D eigenvalue weighted by molar-refractivity contribution is -0.142.